The molecule has 0 heterocycles. The summed E-state index contributed by atoms with van der Waals surface area (Å²) in [7, 11) is -0.587. The van der Waals surface area contributed by atoms with E-state index in [1.54, 1.807) is 26.4 Å². The van der Waals surface area contributed by atoms with Crippen molar-refractivity contribution in [3.8, 4) is 11.5 Å². The maximum Gasteiger partial charge on any atom is 0.238 e. The van der Waals surface area contributed by atoms with Crippen LogP contribution < -0.4 is 19.9 Å². The fourth-order valence-corrected chi connectivity index (χ4v) is 3.15. The van der Waals surface area contributed by atoms with Gasteiger partial charge in [0.25, 0.3) is 0 Å². The van der Waals surface area contributed by atoms with Gasteiger partial charge in [-0.3, -0.25) is 4.79 Å². The summed E-state index contributed by atoms with van der Waals surface area (Å²) in [5, 5.41) is 7.98. The van der Waals surface area contributed by atoms with E-state index >= 15 is 0 Å². The Balaban J connectivity index is 1.93. The molecule has 0 unspecified atom stereocenters. The average Bonchev–Trinajstić information content (AvgIpc) is 2.65. The van der Waals surface area contributed by atoms with Gasteiger partial charge in [-0.25, -0.2) is 13.6 Å². The molecule has 7 nitrogen and oxygen atoms in total. The molecule has 0 bridgehead atoms. The van der Waals surface area contributed by atoms with Crippen molar-refractivity contribution in [2.45, 2.75) is 30.7 Å². The van der Waals surface area contributed by atoms with Crippen molar-refractivity contribution in [3.63, 3.8) is 0 Å². The average molecular weight is 392 g/mol. The molecule has 0 saturated heterocycles. The fourth-order valence-electron chi connectivity index (χ4n) is 2.64. The first-order valence-corrected chi connectivity index (χ1v) is 9.92. The van der Waals surface area contributed by atoms with Crippen LogP contribution in [0.3, 0.4) is 0 Å². The van der Waals surface area contributed by atoms with Crippen LogP contribution in [0.4, 0.5) is 0 Å². The zero-order chi connectivity index (χ0) is 20.0. The predicted molar refractivity (Wildman–Crippen MR) is 102 cm³/mol. The highest BCUT2D eigenvalue weighted by molar-refractivity contribution is 7.89. The van der Waals surface area contributed by atoms with Gasteiger partial charge in [0, 0.05) is 6.42 Å². The van der Waals surface area contributed by atoms with Crippen LogP contribution in [0.1, 0.15) is 30.5 Å². The number of primary sulfonamides is 1. The summed E-state index contributed by atoms with van der Waals surface area (Å²) in [6, 6.07) is 11.4. The van der Waals surface area contributed by atoms with Gasteiger partial charge in [-0.05, 0) is 48.7 Å². The predicted octanol–water partition coefficient (Wildman–Crippen LogP) is 2.16. The first kappa shape index (κ1) is 20.7. The third-order valence-electron chi connectivity index (χ3n) is 4.17. The van der Waals surface area contributed by atoms with Crippen molar-refractivity contribution >= 4 is 15.9 Å². The number of sulfonamides is 1. The molecule has 0 radical (unpaired) electrons. The van der Waals surface area contributed by atoms with E-state index in [-0.39, 0.29) is 16.8 Å². The Kier molecular flexibility index (Phi) is 6.81. The number of hydrogen-bond acceptors (Lipinski definition) is 5. The molecular weight excluding hydrogens is 368 g/mol. The smallest absolute Gasteiger partial charge is 0.238 e. The number of carbonyl (C=O) groups is 1. The second kappa shape index (κ2) is 8.88. The molecule has 1 atom stereocenters. The number of rotatable bonds is 8. The first-order chi connectivity index (χ1) is 12.7. The van der Waals surface area contributed by atoms with E-state index in [1.807, 2.05) is 25.1 Å². The fraction of sp³-hybridized carbons (Fsp3) is 0.316. The number of hydrogen-bond donors (Lipinski definition) is 2. The lowest BCUT2D eigenvalue weighted by atomic mass is 10.1. The molecule has 0 fully saturated rings. The number of methoxy groups -OCH3 is 2. The van der Waals surface area contributed by atoms with Crippen LogP contribution in [-0.2, 0) is 21.2 Å². The summed E-state index contributed by atoms with van der Waals surface area (Å²) >= 11 is 0. The summed E-state index contributed by atoms with van der Waals surface area (Å²) in [6.45, 7) is 1.83. The molecule has 2 aromatic rings. The van der Waals surface area contributed by atoms with E-state index in [1.165, 1.54) is 12.1 Å². The van der Waals surface area contributed by atoms with E-state index in [0.717, 1.165) is 11.1 Å². The van der Waals surface area contributed by atoms with Crippen molar-refractivity contribution in [2.75, 3.05) is 14.2 Å². The van der Waals surface area contributed by atoms with Crippen LogP contribution in [0, 0.1) is 0 Å². The van der Waals surface area contributed by atoms with Crippen LogP contribution in [-0.4, -0.2) is 28.5 Å². The quantitative estimate of drug-likeness (QED) is 0.716. The summed E-state index contributed by atoms with van der Waals surface area (Å²) in [6.07, 6.45) is 0.873. The standard InChI is InChI=1S/C19H24N2O5S/c1-13(15-6-8-16(9-7-15)27(20,23)24)21-19(22)11-5-14-4-10-17(25-2)18(12-14)26-3/h4,6-10,12-13H,5,11H2,1-3H3,(H,21,22)(H2,20,23,24)/t13-/m1/s1. The Morgan fingerprint density at radius 1 is 1.07 bits per heavy atom. The minimum absolute atomic E-state index is 0.0400. The molecule has 0 aliphatic carbocycles. The molecule has 27 heavy (non-hydrogen) atoms. The number of carbonyl (C=O) groups excluding carboxylic acids is 1. The highest BCUT2D eigenvalue weighted by Crippen LogP contribution is 2.28. The second-order valence-corrected chi connectivity index (χ2v) is 7.65. The summed E-state index contributed by atoms with van der Waals surface area (Å²) in [4.78, 5) is 12.3. The molecule has 0 aromatic heterocycles. The Morgan fingerprint density at radius 2 is 1.70 bits per heavy atom. The maximum absolute atomic E-state index is 12.2. The normalized spacial score (nSPS) is 12.3. The molecule has 146 valence electrons. The lowest BCUT2D eigenvalue weighted by Gasteiger charge is -2.15. The molecule has 0 saturated carbocycles. The number of nitrogens with one attached hydrogen (secondary N) is 1. The topological polar surface area (TPSA) is 108 Å². The minimum atomic E-state index is -3.72. The van der Waals surface area contributed by atoms with Crippen LogP contribution in [0.2, 0.25) is 0 Å². The van der Waals surface area contributed by atoms with Gasteiger partial charge in [-0.2, -0.15) is 0 Å². The molecule has 1 amide bonds. The van der Waals surface area contributed by atoms with E-state index in [0.29, 0.717) is 24.3 Å². The van der Waals surface area contributed by atoms with Crippen LogP contribution in [0.15, 0.2) is 47.4 Å². The maximum atomic E-state index is 12.2. The van der Waals surface area contributed by atoms with Gasteiger partial charge in [-0.15, -0.1) is 0 Å². The van der Waals surface area contributed by atoms with Gasteiger partial charge in [0.1, 0.15) is 0 Å². The Hall–Kier alpha value is -2.58. The monoisotopic (exact) mass is 392 g/mol. The van der Waals surface area contributed by atoms with Gasteiger partial charge in [0.15, 0.2) is 11.5 Å². The lowest BCUT2D eigenvalue weighted by molar-refractivity contribution is -0.121. The van der Waals surface area contributed by atoms with Crippen molar-refractivity contribution in [1.29, 1.82) is 0 Å². The second-order valence-electron chi connectivity index (χ2n) is 6.09. The molecular formula is C19H24N2O5S. The first-order valence-electron chi connectivity index (χ1n) is 8.37. The minimum Gasteiger partial charge on any atom is -0.493 e. The highest BCUT2D eigenvalue weighted by Gasteiger charge is 2.13. The Bertz CT molecular complexity index is 895. The van der Waals surface area contributed by atoms with Crippen molar-refractivity contribution < 1.29 is 22.7 Å². The third-order valence-corrected chi connectivity index (χ3v) is 5.10. The zero-order valence-corrected chi connectivity index (χ0v) is 16.4. The SMILES string of the molecule is COc1ccc(CCC(=O)N[C@H](C)c2ccc(S(N)(=O)=O)cc2)cc1OC. The van der Waals surface area contributed by atoms with E-state index in [4.69, 9.17) is 14.6 Å². The molecule has 2 aromatic carbocycles. The van der Waals surface area contributed by atoms with Crippen molar-refractivity contribution in [1.82, 2.24) is 5.32 Å². The zero-order valence-electron chi connectivity index (χ0n) is 15.6. The Labute approximate surface area is 159 Å². The van der Waals surface area contributed by atoms with Gasteiger partial charge in [-0.1, -0.05) is 18.2 Å². The molecule has 8 heteroatoms. The highest BCUT2D eigenvalue weighted by atomic mass is 32.2. The Morgan fingerprint density at radius 3 is 2.26 bits per heavy atom. The number of benzene rings is 2. The summed E-state index contributed by atoms with van der Waals surface area (Å²) in [5.41, 5.74) is 1.76. The molecule has 0 aliphatic heterocycles. The van der Waals surface area contributed by atoms with Crippen molar-refractivity contribution in [2.24, 2.45) is 5.14 Å². The molecule has 0 aliphatic rings. The molecule has 2 rings (SSSR count). The van der Waals surface area contributed by atoms with E-state index in [9.17, 15) is 13.2 Å². The number of amides is 1. The van der Waals surface area contributed by atoms with Crippen LogP contribution >= 0.6 is 0 Å². The van der Waals surface area contributed by atoms with Gasteiger partial charge < -0.3 is 14.8 Å². The summed E-state index contributed by atoms with van der Waals surface area (Å²) in [5.74, 6) is 1.16. The number of ether oxygens (including phenoxy) is 2. The van der Waals surface area contributed by atoms with Crippen LogP contribution in [0.25, 0.3) is 0 Å². The lowest BCUT2D eigenvalue weighted by Crippen LogP contribution is -2.26. The number of aryl methyl sites for hydroxylation is 1. The number of nitrogens with two attached hydrogens (primary N) is 1. The van der Waals surface area contributed by atoms with E-state index in [2.05, 4.69) is 5.32 Å². The van der Waals surface area contributed by atoms with E-state index < -0.39 is 10.0 Å². The third kappa shape index (κ3) is 5.70. The summed E-state index contributed by atoms with van der Waals surface area (Å²) < 4.78 is 33.0. The molecule has 0 spiro atoms. The molecule has 3 N–H and O–H groups in total. The van der Waals surface area contributed by atoms with Gasteiger partial charge >= 0.3 is 0 Å². The largest absolute Gasteiger partial charge is 0.493 e. The van der Waals surface area contributed by atoms with Crippen LogP contribution in [0.5, 0.6) is 11.5 Å². The van der Waals surface area contributed by atoms with Gasteiger partial charge in [0.2, 0.25) is 15.9 Å². The van der Waals surface area contributed by atoms with Gasteiger partial charge in [0.05, 0.1) is 25.2 Å². The van der Waals surface area contributed by atoms with Crippen molar-refractivity contribution in [3.05, 3.63) is 53.6 Å².